The number of carboxylic acids is 1. The smallest absolute Gasteiger partial charge is 0.341 e. The number of anilines is 1. The largest absolute Gasteiger partial charge is 0.494 e. The van der Waals surface area contributed by atoms with Crippen LogP contribution in [0.3, 0.4) is 0 Å². The lowest BCUT2D eigenvalue weighted by Crippen LogP contribution is -2.54. The van der Waals surface area contributed by atoms with E-state index in [9.17, 15) is 19.2 Å². The number of carbonyl (C=O) groups is 4. The number of hydrogen-bond donors (Lipinski definition) is 2. The first-order chi connectivity index (χ1) is 15.7. The lowest BCUT2D eigenvalue weighted by atomic mass is 10.1. The van der Waals surface area contributed by atoms with E-state index in [0.29, 0.717) is 22.4 Å². The standard InChI is InChI=1S/C22H19BrN2O8/c1-3-32-14-6-4-13(5-7-14)25-21(29)15(20(28)24-22(25)30)8-12-9-16(23)19(17(10-12)31-2)33-11-18(26)27/h4-10H,3,11H2,1-2H3,(H,26,27)(H,24,28,30)/b15-8+. The fourth-order valence-corrected chi connectivity index (χ4v) is 3.59. The second kappa shape index (κ2) is 10.2. The first-order valence-electron chi connectivity index (χ1n) is 9.61. The molecule has 2 aromatic carbocycles. The van der Waals surface area contributed by atoms with Crippen LogP contribution in [0.1, 0.15) is 12.5 Å². The Morgan fingerprint density at radius 2 is 1.85 bits per heavy atom. The molecule has 11 heteroatoms. The molecule has 10 nitrogen and oxygen atoms in total. The van der Waals surface area contributed by atoms with Gasteiger partial charge in [-0.15, -0.1) is 0 Å². The number of methoxy groups -OCH3 is 1. The molecule has 0 unspecified atom stereocenters. The molecule has 0 spiro atoms. The highest BCUT2D eigenvalue weighted by atomic mass is 79.9. The quantitative estimate of drug-likeness (QED) is 0.402. The number of ether oxygens (including phenoxy) is 3. The summed E-state index contributed by atoms with van der Waals surface area (Å²) in [6, 6.07) is 8.39. The maximum Gasteiger partial charge on any atom is 0.341 e. The third-order valence-corrected chi connectivity index (χ3v) is 5.00. The van der Waals surface area contributed by atoms with Crippen molar-refractivity contribution < 1.29 is 38.5 Å². The van der Waals surface area contributed by atoms with Crippen LogP contribution in [0, 0.1) is 0 Å². The maximum absolute atomic E-state index is 13.1. The Labute approximate surface area is 196 Å². The summed E-state index contributed by atoms with van der Waals surface area (Å²) in [5, 5.41) is 11.0. The molecule has 0 saturated carbocycles. The molecule has 33 heavy (non-hydrogen) atoms. The highest BCUT2D eigenvalue weighted by Gasteiger charge is 2.36. The van der Waals surface area contributed by atoms with Crippen molar-refractivity contribution in [3.63, 3.8) is 0 Å². The van der Waals surface area contributed by atoms with E-state index in [2.05, 4.69) is 21.2 Å². The van der Waals surface area contributed by atoms with E-state index < -0.39 is 30.4 Å². The highest BCUT2D eigenvalue weighted by Crippen LogP contribution is 2.37. The van der Waals surface area contributed by atoms with Gasteiger partial charge in [0.05, 0.1) is 23.9 Å². The first kappa shape index (κ1) is 23.8. The summed E-state index contributed by atoms with van der Waals surface area (Å²) in [6.07, 6.45) is 1.29. The van der Waals surface area contributed by atoms with Crippen LogP contribution in [0.5, 0.6) is 17.2 Å². The summed E-state index contributed by atoms with van der Waals surface area (Å²) in [7, 11) is 1.36. The van der Waals surface area contributed by atoms with Gasteiger partial charge in [-0.3, -0.25) is 14.9 Å². The zero-order chi connectivity index (χ0) is 24.1. The van der Waals surface area contributed by atoms with E-state index in [4.69, 9.17) is 19.3 Å². The van der Waals surface area contributed by atoms with Crippen molar-refractivity contribution in [1.29, 1.82) is 0 Å². The second-order valence-corrected chi connectivity index (χ2v) is 7.46. The molecule has 0 atom stereocenters. The van der Waals surface area contributed by atoms with Gasteiger partial charge in [0.15, 0.2) is 18.1 Å². The molecular formula is C22H19BrN2O8. The average molecular weight is 519 g/mol. The van der Waals surface area contributed by atoms with E-state index in [1.54, 1.807) is 12.1 Å². The summed E-state index contributed by atoms with van der Waals surface area (Å²) < 4.78 is 16.2. The number of nitrogens with one attached hydrogen (secondary N) is 1. The normalized spacial score (nSPS) is 14.8. The van der Waals surface area contributed by atoms with Crippen LogP contribution in [0.15, 0.2) is 46.4 Å². The second-order valence-electron chi connectivity index (χ2n) is 6.60. The molecule has 3 rings (SSSR count). The van der Waals surface area contributed by atoms with Gasteiger partial charge < -0.3 is 19.3 Å². The van der Waals surface area contributed by atoms with E-state index in [0.717, 1.165) is 4.90 Å². The van der Waals surface area contributed by atoms with Crippen LogP contribution >= 0.6 is 15.9 Å². The van der Waals surface area contributed by atoms with Crippen LogP contribution in [0.4, 0.5) is 10.5 Å². The number of amides is 4. The third kappa shape index (κ3) is 5.32. The van der Waals surface area contributed by atoms with Crippen molar-refractivity contribution in [3.05, 3.63) is 52.0 Å². The summed E-state index contributed by atoms with van der Waals surface area (Å²) in [5.74, 6) is -1.94. The number of imide groups is 2. The molecule has 2 aromatic rings. The van der Waals surface area contributed by atoms with Crippen LogP contribution < -0.4 is 24.4 Å². The van der Waals surface area contributed by atoms with Crippen molar-refractivity contribution in [2.75, 3.05) is 25.2 Å². The van der Waals surface area contributed by atoms with Crippen LogP contribution in [-0.4, -0.2) is 49.2 Å². The van der Waals surface area contributed by atoms with Gasteiger partial charge in [0.25, 0.3) is 11.8 Å². The van der Waals surface area contributed by atoms with Gasteiger partial charge in [-0.25, -0.2) is 14.5 Å². The van der Waals surface area contributed by atoms with Crippen molar-refractivity contribution in [3.8, 4) is 17.2 Å². The summed E-state index contributed by atoms with van der Waals surface area (Å²) in [4.78, 5) is 49.5. The van der Waals surface area contributed by atoms with Gasteiger partial charge in [-0.05, 0) is 70.9 Å². The van der Waals surface area contributed by atoms with E-state index in [1.165, 1.54) is 37.5 Å². The zero-order valence-electron chi connectivity index (χ0n) is 17.6. The predicted octanol–water partition coefficient (Wildman–Crippen LogP) is 2.99. The number of carbonyl (C=O) groups excluding carboxylic acids is 3. The Morgan fingerprint density at radius 3 is 2.45 bits per heavy atom. The van der Waals surface area contributed by atoms with Crippen LogP contribution in [-0.2, 0) is 14.4 Å². The number of urea groups is 1. The fourth-order valence-electron chi connectivity index (χ4n) is 3.01. The number of barbiturate groups is 1. The van der Waals surface area contributed by atoms with Crippen LogP contribution in [0.25, 0.3) is 6.08 Å². The molecule has 1 fully saturated rings. The van der Waals surface area contributed by atoms with E-state index in [1.807, 2.05) is 6.92 Å². The summed E-state index contributed by atoms with van der Waals surface area (Å²) in [6.45, 7) is 1.70. The zero-order valence-corrected chi connectivity index (χ0v) is 19.2. The van der Waals surface area contributed by atoms with E-state index >= 15 is 0 Å². The number of hydrogen-bond acceptors (Lipinski definition) is 7. The molecule has 1 aliphatic heterocycles. The van der Waals surface area contributed by atoms with Gasteiger partial charge in [-0.2, -0.15) is 0 Å². The Hall–Kier alpha value is -3.86. The van der Waals surface area contributed by atoms with Gasteiger partial charge in [0.2, 0.25) is 0 Å². The molecule has 4 amide bonds. The molecular weight excluding hydrogens is 500 g/mol. The van der Waals surface area contributed by atoms with Crippen molar-refractivity contribution in [1.82, 2.24) is 5.32 Å². The number of benzene rings is 2. The molecule has 0 radical (unpaired) electrons. The number of halogens is 1. The lowest BCUT2D eigenvalue weighted by Gasteiger charge is -2.26. The van der Waals surface area contributed by atoms with Gasteiger partial charge in [-0.1, -0.05) is 0 Å². The molecule has 0 aliphatic carbocycles. The minimum absolute atomic E-state index is 0.146. The number of aliphatic carboxylic acids is 1. The summed E-state index contributed by atoms with van der Waals surface area (Å²) >= 11 is 3.27. The lowest BCUT2D eigenvalue weighted by molar-refractivity contribution is -0.139. The monoisotopic (exact) mass is 518 g/mol. The van der Waals surface area contributed by atoms with Gasteiger partial charge >= 0.3 is 12.0 Å². The Balaban J connectivity index is 1.95. The third-order valence-electron chi connectivity index (χ3n) is 4.41. The van der Waals surface area contributed by atoms with E-state index in [-0.39, 0.29) is 22.8 Å². The number of carboxylic acid groups (broad SMARTS) is 1. The van der Waals surface area contributed by atoms with Crippen LogP contribution in [0.2, 0.25) is 0 Å². The molecule has 0 bridgehead atoms. The SMILES string of the molecule is CCOc1ccc(N2C(=O)NC(=O)/C(=C\c3cc(Br)c(OCC(=O)O)c(OC)c3)C2=O)cc1. The fraction of sp³-hybridized carbons (Fsp3) is 0.182. The highest BCUT2D eigenvalue weighted by molar-refractivity contribution is 9.10. The van der Waals surface area contributed by atoms with Crippen molar-refractivity contribution >= 4 is 51.5 Å². The van der Waals surface area contributed by atoms with Crippen molar-refractivity contribution in [2.24, 2.45) is 0 Å². The first-order valence-corrected chi connectivity index (χ1v) is 10.4. The molecule has 1 aliphatic rings. The Morgan fingerprint density at radius 1 is 1.15 bits per heavy atom. The molecule has 2 N–H and O–H groups in total. The molecule has 0 aromatic heterocycles. The minimum Gasteiger partial charge on any atom is -0.494 e. The molecule has 172 valence electrons. The Kier molecular flexibility index (Phi) is 7.34. The summed E-state index contributed by atoms with van der Waals surface area (Å²) in [5.41, 5.74) is 0.355. The maximum atomic E-state index is 13.1. The van der Waals surface area contributed by atoms with Gasteiger partial charge in [0, 0.05) is 0 Å². The minimum atomic E-state index is -1.17. The average Bonchev–Trinajstić information content (AvgIpc) is 2.76. The molecule has 1 heterocycles. The predicted molar refractivity (Wildman–Crippen MR) is 120 cm³/mol. The topological polar surface area (TPSA) is 131 Å². The number of nitrogens with zero attached hydrogens (tertiary/aromatic N) is 1. The van der Waals surface area contributed by atoms with Crippen molar-refractivity contribution in [2.45, 2.75) is 6.92 Å². The molecule has 1 saturated heterocycles. The number of rotatable bonds is 8. The van der Waals surface area contributed by atoms with Gasteiger partial charge in [0.1, 0.15) is 11.3 Å². The Bertz CT molecular complexity index is 1140.